The van der Waals surface area contributed by atoms with Crippen LogP contribution >= 0.6 is 11.8 Å². The molecule has 1 N–H and O–H groups in total. The second-order valence-corrected chi connectivity index (χ2v) is 9.31. The summed E-state index contributed by atoms with van der Waals surface area (Å²) in [5.41, 5.74) is 0. The van der Waals surface area contributed by atoms with Gasteiger partial charge >= 0.3 is 6.03 Å². The van der Waals surface area contributed by atoms with Gasteiger partial charge in [-0.05, 0) is 12.8 Å². The van der Waals surface area contributed by atoms with Crippen LogP contribution in [0.5, 0.6) is 0 Å². The highest BCUT2D eigenvalue weighted by Crippen LogP contribution is 2.29. The second-order valence-electron chi connectivity index (χ2n) is 8.25. The molecule has 0 bridgehead atoms. The summed E-state index contributed by atoms with van der Waals surface area (Å²) in [5, 5.41) is 3.43. The van der Waals surface area contributed by atoms with E-state index >= 15 is 0 Å². The molecule has 29 heavy (non-hydrogen) atoms. The Morgan fingerprint density at radius 1 is 0.897 bits per heavy atom. The summed E-state index contributed by atoms with van der Waals surface area (Å²) in [6.45, 7) is 5.31. The van der Waals surface area contributed by atoms with Crippen molar-refractivity contribution >= 4 is 28.9 Å². The van der Waals surface area contributed by atoms with Crippen molar-refractivity contribution in [2.24, 2.45) is 4.99 Å². The normalized spacial score (nSPS) is 21.4. The van der Waals surface area contributed by atoms with Gasteiger partial charge < -0.3 is 9.80 Å². The molecule has 2 unspecified atom stereocenters. The number of unbranched alkanes of at least 4 members (excludes halogenated alkanes) is 10. The predicted molar refractivity (Wildman–Crippen MR) is 122 cm³/mol. The zero-order valence-corrected chi connectivity index (χ0v) is 19.4. The fourth-order valence-corrected chi connectivity index (χ4v) is 5.05. The van der Waals surface area contributed by atoms with Crippen LogP contribution in [0.25, 0.3) is 0 Å². The summed E-state index contributed by atoms with van der Waals surface area (Å²) in [6.07, 6.45) is 14.6. The summed E-state index contributed by atoms with van der Waals surface area (Å²) in [7, 11) is 1.73. The van der Waals surface area contributed by atoms with Gasteiger partial charge in [-0.25, -0.2) is 9.79 Å². The van der Waals surface area contributed by atoms with E-state index in [4.69, 9.17) is 4.99 Å². The van der Waals surface area contributed by atoms with E-state index in [0.717, 1.165) is 23.9 Å². The van der Waals surface area contributed by atoms with Gasteiger partial charge in [0.15, 0.2) is 17.4 Å². The van der Waals surface area contributed by atoms with E-state index in [1.54, 1.807) is 23.7 Å². The Morgan fingerprint density at radius 3 is 2.14 bits per heavy atom. The lowest BCUT2D eigenvalue weighted by Crippen LogP contribution is -2.63. The van der Waals surface area contributed by atoms with Crippen molar-refractivity contribution in [1.82, 2.24) is 15.1 Å². The smallest absolute Gasteiger partial charge is 0.325 e. The summed E-state index contributed by atoms with van der Waals surface area (Å²) >= 11 is 1.76. The number of amidine groups is 1. The molecule has 2 rings (SSSR count). The lowest BCUT2D eigenvalue weighted by atomic mass is 10.1. The zero-order chi connectivity index (χ0) is 21.1. The van der Waals surface area contributed by atoms with Crippen LogP contribution in [0.15, 0.2) is 4.99 Å². The molecule has 0 aromatic carbocycles. The standard InChI is InChI=1S/C22H40N4O2S/c1-4-6-8-10-12-14-16-26-18-19(25(3)21(28)24-20(18)27)23-22(26)29-17-15-13-11-9-7-5-2/h18-19H,4-17H2,1-3H3,(H,24,27,28). The molecule has 1 fully saturated rings. The third kappa shape index (κ3) is 7.19. The van der Waals surface area contributed by atoms with Gasteiger partial charge in [-0.15, -0.1) is 0 Å². The van der Waals surface area contributed by atoms with E-state index in [0.29, 0.717) is 0 Å². The van der Waals surface area contributed by atoms with E-state index in [2.05, 4.69) is 24.1 Å². The molecule has 0 spiro atoms. The van der Waals surface area contributed by atoms with Crippen molar-refractivity contribution in [3.63, 3.8) is 0 Å². The Morgan fingerprint density at radius 2 is 1.48 bits per heavy atom. The van der Waals surface area contributed by atoms with E-state index in [1.807, 2.05) is 0 Å². The van der Waals surface area contributed by atoms with Crippen LogP contribution < -0.4 is 5.32 Å². The number of nitrogens with one attached hydrogen (secondary N) is 1. The quantitative estimate of drug-likeness (QED) is 0.399. The number of urea groups is 1. The van der Waals surface area contributed by atoms with Crippen LogP contribution in [0.1, 0.15) is 90.9 Å². The second kappa shape index (κ2) is 13.1. The number of imide groups is 1. The molecular formula is C22H40N4O2S. The van der Waals surface area contributed by atoms with Gasteiger partial charge in [0.2, 0.25) is 0 Å². The number of fused-ring (bicyclic) bond motifs is 1. The minimum atomic E-state index is -0.386. The minimum absolute atomic E-state index is 0.206. The van der Waals surface area contributed by atoms with Crippen LogP contribution in [0.4, 0.5) is 4.79 Å². The van der Waals surface area contributed by atoms with Crippen molar-refractivity contribution < 1.29 is 9.59 Å². The molecule has 0 saturated carbocycles. The van der Waals surface area contributed by atoms with Crippen molar-refractivity contribution in [3.8, 4) is 0 Å². The monoisotopic (exact) mass is 424 g/mol. The number of hydrogen-bond donors (Lipinski definition) is 1. The number of rotatable bonds is 14. The maximum absolute atomic E-state index is 12.6. The summed E-state index contributed by atoms with van der Waals surface area (Å²) < 4.78 is 0. The first-order valence-corrected chi connectivity index (χ1v) is 12.6. The molecule has 7 heteroatoms. The molecule has 2 atom stereocenters. The van der Waals surface area contributed by atoms with Crippen molar-refractivity contribution in [2.45, 2.75) is 103 Å². The van der Waals surface area contributed by atoms with Crippen molar-refractivity contribution in [3.05, 3.63) is 0 Å². The lowest BCUT2D eigenvalue weighted by molar-refractivity contribution is -0.127. The number of thioether (sulfide) groups is 1. The van der Waals surface area contributed by atoms with E-state index in [-0.39, 0.29) is 24.1 Å². The summed E-state index contributed by atoms with van der Waals surface area (Å²) in [5.74, 6) is 0.819. The molecule has 0 radical (unpaired) electrons. The van der Waals surface area contributed by atoms with Crippen LogP contribution in [0.2, 0.25) is 0 Å². The minimum Gasteiger partial charge on any atom is -0.336 e. The average molecular weight is 425 g/mol. The molecule has 0 aliphatic carbocycles. The van der Waals surface area contributed by atoms with Gasteiger partial charge in [-0.1, -0.05) is 89.8 Å². The SMILES string of the molecule is CCCCCCCCSC1=NC2C(C(=O)NC(=O)N2C)N1CCCCCCCC. The zero-order valence-electron chi connectivity index (χ0n) is 18.6. The van der Waals surface area contributed by atoms with Crippen molar-refractivity contribution in [2.75, 3.05) is 19.3 Å². The molecule has 0 aromatic rings. The fourth-order valence-electron chi connectivity index (χ4n) is 3.96. The summed E-state index contributed by atoms with van der Waals surface area (Å²) in [4.78, 5) is 33.1. The van der Waals surface area contributed by atoms with Crippen LogP contribution in [-0.4, -0.2) is 58.5 Å². The van der Waals surface area contributed by atoms with Crippen LogP contribution in [0, 0.1) is 0 Å². The highest BCUT2D eigenvalue weighted by atomic mass is 32.2. The van der Waals surface area contributed by atoms with E-state index in [1.165, 1.54) is 70.6 Å². The number of hydrogen-bond acceptors (Lipinski definition) is 5. The van der Waals surface area contributed by atoms with Crippen LogP contribution in [-0.2, 0) is 4.79 Å². The highest BCUT2D eigenvalue weighted by Gasteiger charge is 2.48. The number of amides is 3. The van der Waals surface area contributed by atoms with Gasteiger partial charge in [0.1, 0.15) is 0 Å². The molecular weight excluding hydrogens is 384 g/mol. The Balaban J connectivity index is 1.88. The van der Waals surface area contributed by atoms with Gasteiger partial charge in [0.05, 0.1) is 0 Å². The molecule has 3 amide bonds. The maximum Gasteiger partial charge on any atom is 0.325 e. The molecule has 2 heterocycles. The molecule has 2 aliphatic heterocycles. The fraction of sp³-hybridized carbons (Fsp3) is 0.864. The number of likely N-dealkylation sites (N-methyl/N-ethyl adjacent to an activating group) is 1. The highest BCUT2D eigenvalue weighted by molar-refractivity contribution is 8.13. The largest absolute Gasteiger partial charge is 0.336 e. The van der Waals surface area contributed by atoms with Crippen molar-refractivity contribution in [1.29, 1.82) is 0 Å². The molecule has 6 nitrogen and oxygen atoms in total. The third-order valence-electron chi connectivity index (χ3n) is 5.80. The molecule has 1 saturated heterocycles. The Bertz CT molecular complexity index is 555. The maximum atomic E-state index is 12.6. The first-order chi connectivity index (χ1) is 14.1. The number of carbonyl (C=O) groups excluding carboxylic acids is 2. The van der Waals surface area contributed by atoms with E-state index in [9.17, 15) is 9.59 Å². The van der Waals surface area contributed by atoms with E-state index < -0.39 is 0 Å². The van der Waals surface area contributed by atoms with Crippen LogP contribution in [0.3, 0.4) is 0 Å². The predicted octanol–water partition coefficient (Wildman–Crippen LogP) is 4.99. The first kappa shape index (κ1) is 24.0. The lowest BCUT2D eigenvalue weighted by Gasteiger charge is -2.36. The Labute approximate surface area is 181 Å². The van der Waals surface area contributed by atoms with Gasteiger partial charge in [-0.2, -0.15) is 0 Å². The summed E-state index contributed by atoms with van der Waals surface area (Å²) in [6, 6.07) is -0.720. The third-order valence-corrected chi connectivity index (χ3v) is 6.90. The molecule has 166 valence electrons. The Hall–Kier alpha value is -1.24. The first-order valence-electron chi connectivity index (χ1n) is 11.6. The number of aliphatic imine (C=N–C) groups is 1. The average Bonchev–Trinajstić information content (AvgIpc) is 3.07. The topological polar surface area (TPSA) is 65.0 Å². The molecule has 0 aromatic heterocycles. The van der Waals surface area contributed by atoms with Gasteiger partial charge in [0.25, 0.3) is 5.91 Å². The Kier molecular flexibility index (Phi) is 10.9. The number of carbonyl (C=O) groups is 2. The van der Waals surface area contributed by atoms with Gasteiger partial charge in [0, 0.05) is 19.3 Å². The number of nitrogens with zero attached hydrogens (tertiary/aromatic N) is 3. The van der Waals surface area contributed by atoms with Gasteiger partial charge in [-0.3, -0.25) is 10.1 Å². The molecule has 2 aliphatic rings.